The molecule has 1 aliphatic carbocycles. The molecule has 0 bridgehead atoms. The van der Waals surface area contributed by atoms with Gasteiger partial charge in [0.2, 0.25) is 0 Å². The van der Waals surface area contributed by atoms with E-state index in [2.05, 4.69) is 36.3 Å². The quantitative estimate of drug-likeness (QED) is 0.878. The zero-order valence-electron chi connectivity index (χ0n) is 10.8. The van der Waals surface area contributed by atoms with Crippen molar-refractivity contribution in [2.45, 2.75) is 39.2 Å². The second-order valence-electron chi connectivity index (χ2n) is 5.10. The highest BCUT2D eigenvalue weighted by atomic mass is 15.3. The van der Waals surface area contributed by atoms with E-state index < -0.39 is 0 Å². The molecule has 0 spiro atoms. The molecule has 0 atom stereocenters. The average Bonchev–Trinajstić information content (AvgIpc) is 2.70. The lowest BCUT2D eigenvalue weighted by molar-refractivity contribution is 0.646. The number of aryl methyl sites for hydroxylation is 2. The van der Waals surface area contributed by atoms with E-state index in [1.807, 2.05) is 4.68 Å². The number of rotatable bonds is 2. The Hall–Kier alpha value is -1.77. The van der Waals surface area contributed by atoms with Crippen LogP contribution in [0.25, 0.3) is 0 Å². The standard InChI is InChI=1S/C15H19N3/c1-11-6-2-3-7-12(11)10-18-15(16)13-8-4-5-9-14(13)17-18/h2-3,6-7H,4-5,8-10,16H2,1H3. The molecule has 0 fully saturated rings. The third-order valence-electron chi connectivity index (χ3n) is 3.85. The zero-order chi connectivity index (χ0) is 12.5. The third kappa shape index (κ3) is 1.90. The highest BCUT2D eigenvalue weighted by Gasteiger charge is 2.18. The molecule has 2 N–H and O–H groups in total. The van der Waals surface area contributed by atoms with Crippen molar-refractivity contribution < 1.29 is 0 Å². The number of nitrogen functional groups attached to an aromatic ring is 1. The summed E-state index contributed by atoms with van der Waals surface area (Å²) in [7, 11) is 0. The van der Waals surface area contributed by atoms with Gasteiger partial charge >= 0.3 is 0 Å². The van der Waals surface area contributed by atoms with Gasteiger partial charge in [-0.1, -0.05) is 24.3 Å². The Morgan fingerprint density at radius 1 is 1.22 bits per heavy atom. The van der Waals surface area contributed by atoms with E-state index in [9.17, 15) is 0 Å². The summed E-state index contributed by atoms with van der Waals surface area (Å²) < 4.78 is 1.97. The number of anilines is 1. The van der Waals surface area contributed by atoms with E-state index in [1.54, 1.807) is 0 Å². The van der Waals surface area contributed by atoms with Gasteiger partial charge in [-0.05, 0) is 43.7 Å². The van der Waals surface area contributed by atoms with E-state index in [0.717, 1.165) is 25.2 Å². The fourth-order valence-electron chi connectivity index (χ4n) is 2.70. The number of fused-ring (bicyclic) bond motifs is 1. The van der Waals surface area contributed by atoms with Crippen LogP contribution < -0.4 is 5.73 Å². The summed E-state index contributed by atoms with van der Waals surface area (Å²) in [6.45, 7) is 2.92. The SMILES string of the molecule is Cc1ccccc1Cn1nc2c(c1N)CCCC2. The minimum Gasteiger partial charge on any atom is -0.384 e. The number of nitrogens with two attached hydrogens (primary N) is 1. The van der Waals surface area contributed by atoms with Crippen molar-refractivity contribution in [3.05, 3.63) is 46.6 Å². The van der Waals surface area contributed by atoms with Crippen LogP contribution >= 0.6 is 0 Å². The van der Waals surface area contributed by atoms with Crippen molar-refractivity contribution in [3.8, 4) is 0 Å². The molecule has 0 unspecified atom stereocenters. The Balaban J connectivity index is 1.94. The first-order chi connectivity index (χ1) is 8.75. The highest BCUT2D eigenvalue weighted by Crippen LogP contribution is 2.26. The van der Waals surface area contributed by atoms with Gasteiger partial charge in [0, 0.05) is 5.56 Å². The summed E-state index contributed by atoms with van der Waals surface area (Å²) in [5.74, 6) is 0.868. The summed E-state index contributed by atoms with van der Waals surface area (Å²) in [5.41, 5.74) is 11.3. The molecule has 0 amide bonds. The van der Waals surface area contributed by atoms with Gasteiger partial charge in [-0.2, -0.15) is 5.10 Å². The monoisotopic (exact) mass is 241 g/mol. The van der Waals surface area contributed by atoms with Crippen molar-refractivity contribution in [2.24, 2.45) is 0 Å². The molecule has 3 rings (SSSR count). The number of hydrogen-bond donors (Lipinski definition) is 1. The van der Waals surface area contributed by atoms with Crippen LogP contribution in [0.15, 0.2) is 24.3 Å². The van der Waals surface area contributed by atoms with Gasteiger partial charge < -0.3 is 5.73 Å². The molecule has 1 aromatic heterocycles. The molecular weight excluding hydrogens is 222 g/mol. The number of hydrogen-bond acceptors (Lipinski definition) is 2. The maximum absolute atomic E-state index is 6.22. The first-order valence-electron chi connectivity index (χ1n) is 6.64. The van der Waals surface area contributed by atoms with E-state index in [-0.39, 0.29) is 0 Å². The van der Waals surface area contributed by atoms with Gasteiger partial charge in [-0.3, -0.25) is 0 Å². The number of benzene rings is 1. The third-order valence-corrected chi connectivity index (χ3v) is 3.85. The maximum atomic E-state index is 6.22. The van der Waals surface area contributed by atoms with Crippen molar-refractivity contribution in [2.75, 3.05) is 5.73 Å². The van der Waals surface area contributed by atoms with Crippen LogP contribution in [0.1, 0.15) is 35.2 Å². The van der Waals surface area contributed by atoms with E-state index in [0.29, 0.717) is 0 Å². The van der Waals surface area contributed by atoms with Gasteiger partial charge in [0.25, 0.3) is 0 Å². The largest absolute Gasteiger partial charge is 0.384 e. The van der Waals surface area contributed by atoms with Gasteiger partial charge in [0.1, 0.15) is 5.82 Å². The Bertz CT molecular complexity index is 569. The Morgan fingerprint density at radius 3 is 2.78 bits per heavy atom. The predicted octanol–water partition coefficient (Wildman–Crippen LogP) is 2.70. The van der Waals surface area contributed by atoms with Gasteiger partial charge in [-0.15, -0.1) is 0 Å². The van der Waals surface area contributed by atoms with Crippen LogP contribution in [0.4, 0.5) is 5.82 Å². The van der Waals surface area contributed by atoms with Crippen LogP contribution in [0.2, 0.25) is 0 Å². The van der Waals surface area contributed by atoms with E-state index >= 15 is 0 Å². The lowest BCUT2D eigenvalue weighted by atomic mass is 9.98. The predicted molar refractivity (Wildman–Crippen MR) is 73.6 cm³/mol. The van der Waals surface area contributed by atoms with Crippen LogP contribution in [0, 0.1) is 6.92 Å². The molecule has 0 aliphatic heterocycles. The Morgan fingerprint density at radius 2 is 2.00 bits per heavy atom. The summed E-state index contributed by atoms with van der Waals surface area (Å²) in [5, 5.41) is 4.68. The molecule has 18 heavy (non-hydrogen) atoms. The van der Waals surface area contributed by atoms with Crippen LogP contribution in [0.3, 0.4) is 0 Å². The molecule has 0 radical (unpaired) electrons. The topological polar surface area (TPSA) is 43.8 Å². The van der Waals surface area contributed by atoms with Gasteiger partial charge in [-0.25, -0.2) is 4.68 Å². The highest BCUT2D eigenvalue weighted by molar-refractivity contribution is 5.45. The van der Waals surface area contributed by atoms with Crippen molar-refractivity contribution in [3.63, 3.8) is 0 Å². The van der Waals surface area contributed by atoms with Gasteiger partial charge in [0.05, 0.1) is 12.2 Å². The van der Waals surface area contributed by atoms with E-state index in [1.165, 1.54) is 35.2 Å². The Labute approximate surface area is 108 Å². The molecule has 3 heteroatoms. The molecule has 0 saturated carbocycles. The lowest BCUT2D eigenvalue weighted by Crippen LogP contribution is -2.07. The molecule has 1 heterocycles. The molecule has 2 aromatic rings. The molecule has 3 nitrogen and oxygen atoms in total. The van der Waals surface area contributed by atoms with E-state index in [4.69, 9.17) is 5.73 Å². The second-order valence-corrected chi connectivity index (χ2v) is 5.10. The minimum atomic E-state index is 0.783. The molecule has 1 aliphatic rings. The maximum Gasteiger partial charge on any atom is 0.125 e. The van der Waals surface area contributed by atoms with Crippen LogP contribution in [-0.4, -0.2) is 9.78 Å². The zero-order valence-corrected chi connectivity index (χ0v) is 10.8. The molecular formula is C15H19N3. The fourth-order valence-corrected chi connectivity index (χ4v) is 2.70. The van der Waals surface area contributed by atoms with Crippen molar-refractivity contribution in [1.29, 1.82) is 0 Å². The molecule has 1 aromatic carbocycles. The van der Waals surface area contributed by atoms with Crippen LogP contribution in [-0.2, 0) is 19.4 Å². The molecule has 0 saturated heterocycles. The number of nitrogens with zero attached hydrogens (tertiary/aromatic N) is 2. The summed E-state index contributed by atoms with van der Waals surface area (Å²) in [6, 6.07) is 8.42. The summed E-state index contributed by atoms with van der Waals surface area (Å²) >= 11 is 0. The van der Waals surface area contributed by atoms with Crippen LogP contribution in [0.5, 0.6) is 0 Å². The minimum absolute atomic E-state index is 0.783. The number of aromatic nitrogens is 2. The van der Waals surface area contributed by atoms with Gasteiger partial charge in [0.15, 0.2) is 0 Å². The lowest BCUT2D eigenvalue weighted by Gasteiger charge is -2.09. The van der Waals surface area contributed by atoms with Crippen molar-refractivity contribution >= 4 is 5.82 Å². The second kappa shape index (κ2) is 4.48. The van der Waals surface area contributed by atoms with Crippen molar-refractivity contribution in [1.82, 2.24) is 9.78 Å². The summed E-state index contributed by atoms with van der Waals surface area (Å²) in [4.78, 5) is 0. The Kier molecular flexibility index (Phi) is 2.82. The summed E-state index contributed by atoms with van der Waals surface area (Å²) in [6.07, 6.45) is 4.66. The first kappa shape index (κ1) is 11.3. The average molecular weight is 241 g/mol. The normalized spacial score (nSPS) is 14.5. The molecule has 94 valence electrons. The fraction of sp³-hybridized carbons (Fsp3) is 0.400. The smallest absolute Gasteiger partial charge is 0.125 e. The first-order valence-corrected chi connectivity index (χ1v) is 6.64.